The van der Waals surface area contributed by atoms with Crippen LogP contribution in [0.5, 0.6) is 0 Å². The minimum Gasteiger partial charge on any atom is -0.381 e. The van der Waals surface area contributed by atoms with Gasteiger partial charge in [-0.15, -0.1) is 12.4 Å². The molecule has 1 aromatic carbocycles. The molecule has 8 heteroatoms. The monoisotopic (exact) mass is 352 g/mol. The van der Waals surface area contributed by atoms with Gasteiger partial charge in [0.25, 0.3) is 0 Å². The lowest BCUT2D eigenvalue weighted by molar-refractivity contribution is -0.137. The summed E-state index contributed by atoms with van der Waals surface area (Å²) < 4.78 is 43.3. The van der Waals surface area contributed by atoms with Crippen LogP contribution in [0.2, 0.25) is 0 Å². The number of hydrogen-bond acceptors (Lipinski definition) is 3. The van der Waals surface area contributed by atoms with Crippen molar-refractivity contribution in [1.29, 1.82) is 0 Å². The minimum atomic E-state index is -4.41. The molecule has 1 aliphatic rings. The summed E-state index contributed by atoms with van der Waals surface area (Å²) in [4.78, 5) is 12.3. The molecule has 0 bridgehead atoms. The highest BCUT2D eigenvalue weighted by molar-refractivity contribution is 5.86. The average molecular weight is 353 g/mol. The molecule has 1 unspecified atom stereocenters. The molecule has 1 amide bonds. The number of rotatable bonds is 3. The van der Waals surface area contributed by atoms with E-state index in [1.165, 1.54) is 6.07 Å². The Balaban J connectivity index is 0.00000264. The van der Waals surface area contributed by atoms with Crippen molar-refractivity contribution in [3.05, 3.63) is 35.4 Å². The standard InChI is InChI=1S/C15H19F3N2O2.ClH/c1-10(11-3-2-4-12(9-11)15(16,17)18)20-13(21)14(19)5-7-22-8-6-14;/h2-4,9-10H,5-8,19H2,1H3,(H,20,21);1H. The van der Waals surface area contributed by atoms with E-state index >= 15 is 0 Å². The maximum atomic E-state index is 12.7. The van der Waals surface area contributed by atoms with Crippen LogP contribution >= 0.6 is 12.4 Å². The lowest BCUT2D eigenvalue weighted by Crippen LogP contribution is -2.57. The van der Waals surface area contributed by atoms with Gasteiger partial charge in [0.15, 0.2) is 0 Å². The second kappa shape index (κ2) is 7.51. The number of alkyl halides is 3. The van der Waals surface area contributed by atoms with E-state index in [1.54, 1.807) is 13.0 Å². The predicted molar refractivity (Wildman–Crippen MR) is 82.2 cm³/mol. The molecule has 2 rings (SSSR count). The van der Waals surface area contributed by atoms with Gasteiger partial charge in [-0.1, -0.05) is 12.1 Å². The molecule has 1 heterocycles. The number of carbonyl (C=O) groups is 1. The highest BCUT2D eigenvalue weighted by Crippen LogP contribution is 2.31. The lowest BCUT2D eigenvalue weighted by atomic mass is 9.90. The SMILES string of the molecule is CC(NC(=O)C1(N)CCOCC1)c1cccc(C(F)(F)F)c1.Cl. The van der Waals surface area contributed by atoms with Crippen molar-refractivity contribution >= 4 is 18.3 Å². The van der Waals surface area contributed by atoms with E-state index in [2.05, 4.69) is 5.32 Å². The Bertz CT molecular complexity index is 546. The summed E-state index contributed by atoms with van der Waals surface area (Å²) in [5.74, 6) is -0.360. The van der Waals surface area contributed by atoms with Crippen LogP contribution in [0.4, 0.5) is 13.2 Å². The topological polar surface area (TPSA) is 64.4 Å². The molecule has 0 aromatic heterocycles. The minimum absolute atomic E-state index is 0. The van der Waals surface area contributed by atoms with Crippen molar-refractivity contribution in [3.63, 3.8) is 0 Å². The Morgan fingerprint density at radius 1 is 1.35 bits per heavy atom. The number of amides is 1. The molecule has 23 heavy (non-hydrogen) atoms. The van der Waals surface area contributed by atoms with Crippen LogP contribution in [0.3, 0.4) is 0 Å². The van der Waals surface area contributed by atoms with Gasteiger partial charge >= 0.3 is 6.18 Å². The van der Waals surface area contributed by atoms with Gasteiger partial charge in [0.2, 0.25) is 5.91 Å². The van der Waals surface area contributed by atoms with Gasteiger partial charge in [0.1, 0.15) is 0 Å². The molecule has 0 spiro atoms. The molecule has 1 aromatic rings. The molecule has 3 N–H and O–H groups in total. The zero-order valence-electron chi connectivity index (χ0n) is 12.7. The first-order valence-electron chi connectivity index (χ1n) is 7.07. The second-order valence-electron chi connectivity index (χ2n) is 5.59. The predicted octanol–water partition coefficient (Wildman–Crippen LogP) is 2.81. The van der Waals surface area contributed by atoms with E-state index in [4.69, 9.17) is 10.5 Å². The summed E-state index contributed by atoms with van der Waals surface area (Å²) in [5, 5.41) is 2.70. The number of carbonyl (C=O) groups excluding carboxylic acids is 1. The van der Waals surface area contributed by atoms with Crippen molar-refractivity contribution in [3.8, 4) is 0 Å². The lowest BCUT2D eigenvalue weighted by Gasteiger charge is -2.33. The van der Waals surface area contributed by atoms with E-state index in [0.29, 0.717) is 31.6 Å². The van der Waals surface area contributed by atoms with Crippen LogP contribution in [0.15, 0.2) is 24.3 Å². The molecule has 4 nitrogen and oxygen atoms in total. The number of nitrogens with two attached hydrogens (primary N) is 1. The van der Waals surface area contributed by atoms with Crippen LogP contribution in [0.1, 0.15) is 36.9 Å². The number of ether oxygens (including phenoxy) is 1. The number of benzene rings is 1. The van der Waals surface area contributed by atoms with Crippen molar-refractivity contribution in [1.82, 2.24) is 5.32 Å². The van der Waals surface area contributed by atoms with Gasteiger partial charge < -0.3 is 15.8 Å². The molecule has 1 saturated heterocycles. The van der Waals surface area contributed by atoms with Crippen LogP contribution in [-0.4, -0.2) is 24.7 Å². The largest absolute Gasteiger partial charge is 0.416 e. The van der Waals surface area contributed by atoms with Gasteiger partial charge in [-0.05, 0) is 37.5 Å². The van der Waals surface area contributed by atoms with Crippen LogP contribution < -0.4 is 11.1 Å². The zero-order valence-corrected chi connectivity index (χ0v) is 13.5. The maximum absolute atomic E-state index is 12.7. The third-order valence-electron chi connectivity index (χ3n) is 3.90. The third-order valence-corrected chi connectivity index (χ3v) is 3.90. The number of nitrogens with one attached hydrogen (secondary N) is 1. The smallest absolute Gasteiger partial charge is 0.381 e. The van der Waals surface area contributed by atoms with Crippen molar-refractivity contribution in [2.24, 2.45) is 5.73 Å². The highest BCUT2D eigenvalue weighted by Gasteiger charge is 2.37. The van der Waals surface area contributed by atoms with Gasteiger partial charge in [0, 0.05) is 13.2 Å². The molecule has 1 aliphatic heterocycles. The Hall–Kier alpha value is -1.31. The Morgan fingerprint density at radius 3 is 2.52 bits per heavy atom. The fraction of sp³-hybridized carbons (Fsp3) is 0.533. The van der Waals surface area contributed by atoms with Crippen LogP contribution in [0, 0.1) is 0 Å². The first kappa shape index (κ1) is 19.7. The second-order valence-corrected chi connectivity index (χ2v) is 5.59. The molecular weight excluding hydrogens is 333 g/mol. The van der Waals surface area contributed by atoms with Crippen molar-refractivity contribution in [2.45, 2.75) is 37.5 Å². The summed E-state index contributed by atoms with van der Waals surface area (Å²) >= 11 is 0. The van der Waals surface area contributed by atoms with Crippen molar-refractivity contribution in [2.75, 3.05) is 13.2 Å². The molecular formula is C15H20ClF3N2O2. The van der Waals surface area contributed by atoms with E-state index in [9.17, 15) is 18.0 Å². The normalized spacial score (nSPS) is 18.7. The fourth-order valence-electron chi connectivity index (χ4n) is 2.37. The van der Waals surface area contributed by atoms with E-state index in [0.717, 1.165) is 12.1 Å². The quantitative estimate of drug-likeness (QED) is 0.879. The van der Waals surface area contributed by atoms with Gasteiger partial charge in [0.05, 0.1) is 17.1 Å². The Labute approximate surface area is 139 Å². The van der Waals surface area contributed by atoms with Crippen molar-refractivity contribution < 1.29 is 22.7 Å². The number of halogens is 4. The molecule has 1 fully saturated rings. The molecule has 130 valence electrons. The van der Waals surface area contributed by atoms with Gasteiger partial charge in [-0.2, -0.15) is 13.2 Å². The Kier molecular flexibility index (Phi) is 6.44. The zero-order chi connectivity index (χ0) is 16.4. The summed E-state index contributed by atoms with van der Waals surface area (Å²) in [6.07, 6.45) is -3.61. The van der Waals surface area contributed by atoms with Gasteiger partial charge in [-0.3, -0.25) is 4.79 Å². The third kappa shape index (κ3) is 4.83. The van der Waals surface area contributed by atoms with Gasteiger partial charge in [-0.25, -0.2) is 0 Å². The summed E-state index contributed by atoms with van der Waals surface area (Å²) in [5.41, 5.74) is 4.69. The molecule has 0 radical (unpaired) electrons. The van der Waals surface area contributed by atoms with E-state index in [1.807, 2.05) is 0 Å². The van der Waals surface area contributed by atoms with E-state index < -0.39 is 23.3 Å². The first-order valence-corrected chi connectivity index (χ1v) is 7.07. The highest BCUT2D eigenvalue weighted by atomic mass is 35.5. The van der Waals surface area contributed by atoms with E-state index in [-0.39, 0.29) is 18.3 Å². The summed E-state index contributed by atoms with van der Waals surface area (Å²) in [7, 11) is 0. The summed E-state index contributed by atoms with van der Waals surface area (Å²) in [6.45, 7) is 2.44. The Morgan fingerprint density at radius 2 is 1.96 bits per heavy atom. The maximum Gasteiger partial charge on any atom is 0.416 e. The average Bonchev–Trinajstić information content (AvgIpc) is 2.47. The molecule has 0 saturated carbocycles. The van der Waals surface area contributed by atoms with Crippen LogP contribution in [-0.2, 0) is 15.7 Å². The number of hydrogen-bond donors (Lipinski definition) is 2. The van der Waals surface area contributed by atoms with Crippen LogP contribution in [0.25, 0.3) is 0 Å². The molecule has 1 atom stereocenters. The summed E-state index contributed by atoms with van der Waals surface area (Å²) in [6, 6.07) is 4.36. The fourth-order valence-corrected chi connectivity index (χ4v) is 2.37. The molecule has 0 aliphatic carbocycles. The first-order chi connectivity index (χ1) is 10.2.